The third-order valence-electron chi connectivity index (χ3n) is 4.88. The van der Waals surface area contributed by atoms with Crippen LogP contribution in [0.1, 0.15) is 25.0 Å². The molecule has 28 heavy (non-hydrogen) atoms. The molecule has 2 aromatic rings. The summed E-state index contributed by atoms with van der Waals surface area (Å²) in [6.07, 6.45) is 1.64. The van der Waals surface area contributed by atoms with Crippen molar-refractivity contribution in [3.05, 3.63) is 46.0 Å². The number of hydrogen-bond acceptors (Lipinski definition) is 6. The molecular formula is C18H19Cl2N3O3S2. The Kier molecular flexibility index (Phi) is 5.87. The van der Waals surface area contributed by atoms with Gasteiger partial charge in [0.15, 0.2) is 0 Å². The highest BCUT2D eigenvalue weighted by Gasteiger charge is 2.60. The third kappa shape index (κ3) is 4.56. The molecular weight excluding hydrogens is 441 g/mol. The Morgan fingerprint density at radius 3 is 2.50 bits per heavy atom. The van der Waals surface area contributed by atoms with Crippen molar-refractivity contribution in [2.24, 2.45) is 17.3 Å². The van der Waals surface area contributed by atoms with Crippen LogP contribution in [-0.4, -0.2) is 24.5 Å². The SMILES string of the molecule is Cc1ccc(CS(=O)(=O)c2nnc(NC(=O)[C@H]3[C@@H](C=C(Cl)Cl)C3(C)C)s2)cc1. The number of hydrogen-bond donors (Lipinski definition) is 1. The summed E-state index contributed by atoms with van der Waals surface area (Å²) < 4.78 is 25.1. The zero-order valence-corrected chi connectivity index (χ0v) is 18.6. The molecule has 0 spiro atoms. The van der Waals surface area contributed by atoms with E-state index in [-0.39, 0.29) is 42.9 Å². The number of nitrogens with zero attached hydrogens (tertiary/aromatic N) is 2. The molecule has 1 heterocycles. The van der Waals surface area contributed by atoms with E-state index in [1.807, 2.05) is 32.9 Å². The Bertz CT molecular complexity index is 1030. The monoisotopic (exact) mass is 459 g/mol. The maximum Gasteiger partial charge on any atom is 0.234 e. The van der Waals surface area contributed by atoms with E-state index in [1.165, 1.54) is 0 Å². The number of allylic oxidation sites excluding steroid dienone is 1. The van der Waals surface area contributed by atoms with Crippen LogP contribution in [0.5, 0.6) is 0 Å². The molecule has 150 valence electrons. The molecule has 1 aliphatic rings. The molecule has 0 aliphatic heterocycles. The van der Waals surface area contributed by atoms with E-state index in [0.717, 1.165) is 16.9 Å². The number of anilines is 1. The molecule has 3 rings (SSSR count). The third-order valence-corrected chi connectivity index (χ3v) is 8.10. The van der Waals surface area contributed by atoms with Crippen LogP contribution in [0.25, 0.3) is 0 Å². The van der Waals surface area contributed by atoms with Gasteiger partial charge in [-0.3, -0.25) is 4.79 Å². The fraction of sp³-hybridized carbons (Fsp3) is 0.389. The molecule has 10 heteroatoms. The van der Waals surface area contributed by atoms with Crippen LogP contribution in [0.2, 0.25) is 0 Å². The van der Waals surface area contributed by atoms with E-state index in [4.69, 9.17) is 23.2 Å². The van der Waals surface area contributed by atoms with Gasteiger partial charge < -0.3 is 5.32 Å². The van der Waals surface area contributed by atoms with Crippen LogP contribution >= 0.6 is 34.5 Å². The van der Waals surface area contributed by atoms with Crippen LogP contribution < -0.4 is 5.32 Å². The van der Waals surface area contributed by atoms with Crippen molar-refractivity contribution in [2.45, 2.75) is 30.9 Å². The van der Waals surface area contributed by atoms with Crippen molar-refractivity contribution >= 4 is 55.4 Å². The number of benzene rings is 1. The van der Waals surface area contributed by atoms with Gasteiger partial charge in [-0.05, 0) is 29.9 Å². The van der Waals surface area contributed by atoms with Crippen molar-refractivity contribution in [1.29, 1.82) is 0 Å². The summed E-state index contributed by atoms with van der Waals surface area (Å²) in [6, 6.07) is 7.24. The summed E-state index contributed by atoms with van der Waals surface area (Å²) in [5.74, 6) is -0.849. The molecule has 1 aromatic heterocycles. The van der Waals surface area contributed by atoms with Gasteiger partial charge in [0.1, 0.15) is 4.49 Å². The normalized spacial score (nSPS) is 20.5. The minimum Gasteiger partial charge on any atom is -0.300 e. The van der Waals surface area contributed by atoms with Gasteiger partial charge in [0.25, 0.3) is 0 Å². The molecule has 2 atom stereocenters. The molecule has 6 nitrogen and oxygen atoms in total. The minimum absolute atomic E-state index is 0.0878. The number of carbonyl (C=O) groups is 1. The zero-order chi connectivity index (χ0) is 20.7. The highest BCUT2D eigenvalue weighted by molar-refractivity contribution is 7.92. The lowest BCUT2D eigenvalue weighted by molar-refractivity contribution is -0.118. The number of aromatic nitrogens is 2. The molecule has 0 unspecified atom stereocenters. The maximum absolute atomic E-state index is 12.6. The quantitative estimate of drug-likeness (QED) is 0.648. The minimum atomic E-state index is -3.65. The van der Waals surface area contributed by atoms with Crippen molar-refractivity contribution in [1.82, 2.24) is 10.2 Å². The van der Waals surface area contributed by atoms with E-state index >= 15 is 0 Å². The fourth-order valence-electron chi connectivity index (χ4n) is 3.16. The van der Waals surface area contributed by atoms with Gasteiger partial charge in [0.05, 0.1) is 11.7 Å². The average Bonchev–Trinajstić information content (AvgIpc) is 2.93. The molecule has 1 aliphatic carbocycles. The highest BCUT2D eigenvalue weighted by atomic mass is 35.5. The zero-order valence-electron chi connectivity index (χ0n) is 15.4. The Labute approximate surface area is 177 Å². The van der Waals surface area contributed by atoms with Gasteiger partial charge in [0.2, 0.25) is 25.2 Å². The van der Waals surface area contributed by atoms with E-state index in [0.29, 0.717) is 5.56 Å². The largest absolute Gasteiger partial charge is 0.300 e. The van der Waals surface area contributed by atoms with Gasteiger partial charge in [0, 0.05) is 0 Å². The second-order valence-electron chi connectivity index (χ2n) is 7.39. The smallest absolute Gasteiger partial charge is 0.234 e. The van der Waals surface area contributed by atoms with Crippen LogP contribution in [-0.2, 0) is 20.4 Å². The lowest BCUT2D eigenvalue weighted by atomic mass is 10.1. The molecule has 1 saturated carbocycles. The highest BCUT2D eigenvalue weighted by Crippen LogP contribution is 2.60. The predicted molar refractivity (Wildman–Crippen MR) is 111 cm³/mol. The van der Waals surface area contributed by atoms with Crippen LogP contribution in [0, 0.1) is 24.2 Å². The van der Waals surface area contributed by atoms with E-state index in [9.17, 15) is 13.2 Å². The summed E-state index contributed by atoms with van der Waals surface area (Å²) in [5.41, 5.74) is 1.43. The van der Waals surface area contributed by atoms with E-state index < -0.39 is 9.84 Å². The molecule has 1 fully saturated rings. The summed E-state index contributed by atoms with van der Waals surface area (Å²) in [5, 5.41) is 10.4. The molecule has 0 saturated heterocycles. The Morgan fingerprint density at radius 2 is 1.89 bits per heavy atom. The number of sulfone groups is 1. The van der Waals surface area contributed by atoms with Crippen LogP contribution in [0.15, 0.2) is 39.2 Å². The van der Waals surface area contributed by atoms with Crippen LogP contribution in [0.3, 0.4) is 0 Å². The molecule has 0 radical (unpaired) electrons. The van der Waals surface area contributed by atoms with Crippen molar-refractivity contribution in [3.63, 3.8) is 0 Å². The van der Waals surface area contributed by atoms with Crippen molar-refractivity contribution in [3.8, 4) is 0 Å². The number of rotatable bonds is 6. The van der Waals surface area contributed by atoms with E-state index in [2.05, 4.69) is 15.5 Å². The first kappa shape index (κ1) is 21.2. The van der Waals surface area contributed by atoms with Gasteiger partial charge in [-0.1, -0.05) is 78.2 Å². The summed E-state index contributed by atoms with van der Waals surface area (Å²) in [4.78, 5) is 12.5. The Morgan fingerprint density at radius 1 is 1.25 bits per heavy atom. The first-order valence-corrected chi connectivity index (χ1v) is 11.7. The van der Waals surface area contributed by atoms with Gasteiger partial charge in [-0.2, -0.15) is 0 Å². The van der Waals surface area contributed by atoms with E-state index in [1.54, 1.807) is 18.2 Å². The summed E-state index contributed by atoms with van der Waals surface area (Å²) >= 11 is 12.3. The van der Waals surface area contributed by atoms with Crippen LogP contribution in [0.4, 0.5) is 5.13 Å². The Balaban J connectivity index is 1.69. The van der Waals surface area contributed by atoms with Gasteiger partial charge in [-0.25, -0.2) is 8.42 Å². The molecule has 0 bridgehead atoms. The fourth-order valence-corrected chi connectivity index (χ4v) is 5.75. The second kappa shape index (κ2) is 7.74. The lowest BCUT2D eigenvalue weighted by Gasteiger charge is -2.02. The molecule has 1 amide bonds. The number of aryl methyl sites for hydroxylation is 1. The number of amides is 1. The number of halogens is 2. The Hall–Kier alpha value is -1.48. The van der Waals surface area contributed by atoms with Gasteiger partial charge >= 0.3 is 0 Å². The lowest BCUT2D eigenvalue weighted by Crippen LogP contribution is -2.16. The molecule has 1 aromatic carbocycles. The maximum atomic E-state index is 12.6. The number of carbonyl (C=O) groups excluding carboxylic acids is 1. The first-order valence-electron chi connectivity index (χ1n) is 8.46. The van der Waals surface area contributed by atoms with Crippen molar-refractivity contribution in [2.75, 3.05) is 5.32 Å². The molecule has 1 N–H and O–H groups in total. The van der Waals surface area contributed by atoms with Gasteiger partial charge in [-0.15, -0.1) is 10.2 Å². The average molecular weight is 460 g/mol. The predicted octanol–water partition coefficient (Wildman–Crippen LogP) is 4.35. The standard InChI is InChI=1S/C18H19Cl2N3O3S2/c1-10-4-6-11(7-5-10)9-28(25,26)17-23-22-16(27-17)21-15(24)14-12(8-13(19)20)18(14,2)3/h4-8,12,14H,9H2,1-3H3,(H,21,22,24)/t12-,14-/m1/s1. The topological polar surface area (TPSA) is 89.0 Å². The number of nitrogens with one attached hydrogen (secondary N) is 1. The second-order valence-corrected chi connectivity index (χ2v) is 11.5. The van der Waals surface area contributed by atoms with Crippen molar-refractivity contribution < 1.29 is 13.2 Å². The first-order chi connectivity index (χ1) is 13.0. The summed E-state index contributed by atoms with van der Waals surface area (Å²) in [7, 11) is -3.65. The summed E-state index contributed by atoms with van der Waals surface area (Å²) in [6.45, 7) is 5.81.